The standard InChI is InChI=1S/C22H27BrN2O4/c1-28-21-13-12-20(23)19(14-24-17-6-4-2-3-5-7-17)22(21)29-15-16-8-10-18(11-9-16)25(26)27/h8-13,17,24H,2-7,14-15H2,1H3. The minimum Gasteiger partial charge on any atom is -0.493 e. The molecule has 2 aromatic carbocycles. The third-order valence-electron chi connectivity index (χ3n) is 5.34. The van der Waals surface area contributed by atoms with Crippen molar-refractivity contribution in [3.8, 4) is 11.5 Å². The van der Waals surface area contributed by atoms with Crippen LogP contribution in [-0.4, -0.2) is 18.1 Å². The number of hydrogen-bond acceptors (Lipinski definition) is 5. The lowest BCUT2D eigenvalue weighted by atomic mass is 10.1. The average Bonchev–Trinajstić information content (AvgIpc) is 3.00. The molecule has 1 N–H and O–H groups in total. The first kappa shape index (κ1) is 21.6. The zero-order valence-corrected chi connectivity index (χ0v) is 18.2. The lowest BCUT2D eigenvalue weighted by molar-refractivity contribution is -0.384. The van der Waals surface area contributed by atoms with Gasteiger partial charge in [0.15, 0.2) is 11.5 Å². The predicted octanol–water partition coefficient (Wildman–Crippen LogP) is 5.76. The van der Waals surface area contributed by atoms with Crippen LogP contribution in [0.15, 0.2) is 40.9 Å². The minimum absolute atomic E-state index is 0.0714. The van der Waals surface area contributed by atoms with E-state index in [4.69, 9.17) is 9.47 Å². The van der Waals surface area contributed by atoms with E-state index in [0.717, 1.165) is 15.6 Å². The zero-order chi connectivity index (χ0) is 20.6. The van der Waals surface area contributed by atoms with Crippen molar-refractivity contribution in [2.24, 2.45) is 0 Å². The van der Waals surface area contributed by atoms with Gasteiger partial charge in [-0.3, -0.25) is 10.1 Å². The van der Waals surface area contributed by atoms with E-state index in [1.54, 1.807) is 19.2 Å². The molecule has 0 spiro atoms. The number of nitro benzene ring substituents is 1. The molecule has 0 aromatic heterocycles. The van der Waals surface area contributed by atoms with Gasteiger partial charge >= 0.3 is 0 Å². The second-order valence-corrected chi connectivity index (χ2v) is 8.19. The highest BCUT2D eigenvalue weighted by Crippen LogP contribution is 2.37. The number of ether oxygens (including phenoxy) is 2. The monoisotopic (exact) mass is 462 g/mol. The van der Waals surface area contributed by atoms with Gasteiger partial charge in [-0.25, -0.2) is 0 Å². The van der Waals surface area contributed by atoms with E-state index in [-0.39, 0.29) is 5.69 Å². The summed E-state index contributed by atoms with van der Waals surface area (Å²) in [4.78, 5) is 10.4. The fourth-order valence-electron chi connectivity index (χ4n) is 3.67. The first-order chi connectivity index (χ1) is 14.1. The third-order valence-corrected chi connectivity index (χ3v) is 6.08. The van der Waals surface area contributed by atoms with Crippen LogP contribution in [0.25, 0.3) is 0 Å². The van der Waals surface area contributed by atoms with Crippen molar-refractivity contribution < 1.29 is 14.4 Å². The second kappa shape index (κ2) is 10.6. The van der Waals surface area contributed by atoms with Crippen LogP contribution in [0.2, 0.25) is 0 Å². The molecule has 2 aromatic rings. The smallest absolute Gasteiger partial charge is 0.269 e. The molecule has 0 bridgehead atoms. The molecule has 1 aliphatic rings. The molecule has 0 heterocycles. The predicted molar refractivity (Wildman–Crippen MR) is 116 cm³/mol. The maximum Gasteiger partial charge on any atom is 0.269 e. The van der Waals surface area contributed by atoms with Gasteiger partial charge in [0.05, 0.1) is 12.0 Å². The summed E-state index contributed by atoms with van der Waals surface area (Å²) in [6.07, 6.45) is 7.62. The van der Waals surface area contributed by atoms with Gasteiger partial charge in [0.2, 0.25) is 0 Å². The van der Waals surface area contributed by atoms with Crippen molar-refractivity contribution in [3.63, 3.8) is 0 Å². The summed E-state index contributed by atoms with van der Waals surface area (Å²) in [6, 6.07) is 10.8. The molecular weight excluding hydrogens is 436 g/mol. The van der Waals surface area contributed by atoms with E-state index in [2.05, 4.69) is 21.2 Å². The lowest BCUT2D eigenvalue weighted by Crippen LogP contribution is -2.28. The van der Waals surface area contributed by atoms with Crippen molar-refractivity contribution in [1.29, 1.82) is 0 Å². The van der Waals surface area contributed by atoms with Gasteiger partial charge < -0.3 is 14.8 Å². The van der Waals surface area contributed by atoms with E-state index in [1.165, 1.54) is 50.7 Å². The number of rotatable bonds is 8. The normalized spacial score (nSPS) is 15.0. The topological polar surface area (TPSA) is 73.6 Å². The minimum atomic E-state index is -0.404. The number of non-ortho nitro benzene ring substituents is 1. The molecule has 29 heavy (non-hydrogen) atoms. The Morgan fingerprint density at radius 3 is 2.41 bits per heavy atom. The van der Waals surface area contributed by atoms with Crippen molar-refractivity contribution in [3.05, 3.63) is 62.1 Å². The fourth-order valence-corrected chi connectivity index (χ4v) is 4.12. The van der Waals surface area contributed by atoms with E-state index in [1.807, 2.05) is 12.1 Å². The van der Waals surface area contributed by atoms with E-state index < -0.39 is 4.92 Å². The van der Waals surface area contributed by atoms with Crippen molar-refractivity contribution in [2.45, 2.75) is 57.7 Å². The number of methoxy groups -OCH3 is 1. The number of nitrogens with one attached hydrogen (secondary N) is 1. The first-order valence-corrected chi connectivity index (χ1v) is 10.8. The van der Waals surface area contributed by atoms with Crippen LogP contribution in [0.1, 0.15) is 49.7 Å². The van der Waals surface area contributed by atoms with Crippen molar-refractivity contribution >= 4 is 21.6 Å². The molecule has 3 rings (SSSR count). The number of benzene rings is 2. The van der Waals surface area contributed by atoms with Gasteiger partial charge in [0.25, 0.3) is 5.69 Å². The highest BCUT2D eigenvalue weighted by molar-refractivity contribution is 9.10. The molecule has 0 amide bonds. The van der Waals surface area contributed by atoms with Gasteiger partial charge in [-0.15, -0.1) is 0 Å². The average molecular weight is 463 g/mol. The molecular formula is C22H27BrN2O4. The Balaban J connectivity index is 1.73. The van der Waals surface area contributed by atoms with Gasteiger partial charge in [0.1, 0.15) is 6.61 Å². The maximum absolute atomic E-state index is 10.8. The summed E-state index contributed by atoms with van der Waals surface area (Å²) in [7, 11) is 1.63. The first-order valence-electron chi connectivity index (χ1n) is 10.0. The highest BCUT2D eigenvalue weighted by Gasteiger charge is 2.18. The van der Waals surface area contributed by atoms with E-state index in [0.29, 0.717) is 30.7 Å². The SMILES string of the molecule is COc1ccc(Br)c(CNC2CCCCCC2)c1OCc1ccc([N+](=O)[O-])cc1. The Morgan fingerprint density at radius 2 is 1.79 bits per heavy atom. The number of hydrogen-bond donors (Lipinski definition) is 1. The van der Waals surface area contributed by atoms with Gasteiger partial charge in [0, 0.05) is 34.8 Å². The van der Waals surface area contributed by atoms with Crippen molar-refractivity contribution in [1.82, 2.24) is 5.32 Å². The van der Waals surface area contributed by atoms with E-state index in [9.17, 15) is 10.1 Å². The Bertz CT molecular complexity index is 818. The Labute approximate surface area is 179 Å². The van der Waals surface area contributed by atoms with E-state index >= 15 is 0 Å². The van der Waals surface area contributed by atoms with Crippen LogP contribution in [0, 0.1) is 10.1 Å². The molecule has 156 valence electrons. The summed E-state index contributed by atoms with van der Waals surface area (Å²) < 4.78 is 12.6. The highest BCUT2D eigenvalue weighted by atomic mass is 79.9. The summed E-state index contributed by atoms with van der Waals surface area (Å²) in [5.41, 5.74) is 1.96. The zero-order valence-electron chi connectivity index (χ0n) is 16.7. The van der Waals surface area contributed by atoms with Gasteiger partial charge in [-0.05, 0) is 42.7 Å². The van der Waals surface area contributed by atoms with Crippen LogP contribution in [0.5, 0.6) is 11.5 Å². The Kier molecular flexibility index (Phi) is 7.89. The Hall–Kier alpha value is -2.12. The summed E-state index contributed by atoms with van der Waals surface area (Å²) >= 11 is 3.65. The molecule has 1 fully saturated rings. The second-order valence-electron chi connectivity index (χ2n) is 7.34. The molecule has 0 aliphatic heterocycles. The fraction of sp³-hybridized carbons (Fsp3) is 0.455. The van der Waals surface area contributed by atoms with Crippen LogP contribution < -0.4 is 14.8 Å². The molecule has 1 aliphatic carbocycles. The molecule has 0 unspecified atom stereocenters. The number of halogens is 1. The van der Waals surface area contributed by atoms with Gasteiger partial charge in [-0.1, -0.05) is 41.6 Å². The molecule has 0 radical (unpaired) electrons. The van der Waals surface area contributed by atoms with Crippen LogP contribution in [-0.2, 0) is 13.2 Å². The lowest BCUT2D eigenvalue weighted by Gasteiger charge is -2.20. The van der Waals surface area contributed by atoms with Gasteiger partial charge in [-0.2, -0.15) is 0 Å². The number of nitro groups is 1. The molecule has 6 nitrogen and oxygen atoms in total. The summed E-state index contributed by atoms with van der Waals surface area (Å²) in [6.45, 7) is 0.999. The Morgan fingerprint density at radius 1 is 1.10 bits per heavy atom. The molecule has 0 atom stereocenters. The number of nitrogens with zero attached hydrogens (tertiary/aromatic N) is 1. The molecule has 7 heteroatoms. The van der Waals surface area contributed by atoms with Crippen LogP contribution in [0.4, 0.5) is 5.69 Å². The molecule has 0 saturated heterocycles. The van der Waals surface area contributed by atoms with Crippen LogP contribution >= 0.6 is 15.9 Å². The maximum atomic E-state index is 10.8. The largest absolute Gasteiger partial charge is 0.493 e. The third kappa shape index (κ3) is 5.93. The quantitative estimate of drug-likeness (QED) is 0.306. The van der Waals surface area contributed by atoms with Crippen LogP contribution in [0.3, 0.4) is 0 Å². The molecule has 1 saturated carbocycles. The van der Waals surface area contributed by atoms with Crippen molar-refractivity contribution in [2.75, 3.05) is 7.11 Å². The summed E-state index contributed by atoms with van der Waals surface area (Å²) in [5.74, 6) is 1.37. The summed E-state index contributed by atoms with van der Waals surface area (Å²) in [5, 5.41) is 14.5.